The van der Waals surface area contributed by atoms with Crippen LogP contribution in [0.3, 0.4) is 0 Å². The van der Waals surface area contributed by atoms with Crippen LogP contribution in [0.15, 0.2) is 95.9 Å². The molecule has 1 aliphatic rings. The first-order valence-corrected chi connectivity index (χ1v) is 12.2. The molecular weight excluding hydrogens is 468 g/mol. The Morgan fingerprint density at radius 3 is 2.64 bits per heavy atom. The fourth-order valence-corrected chi connectivity index (χ4v) is 4.74. The van der Waals surface area contributed by atoms with Crippen LogP contribution >= 0.6 is 11.6 Å². The highest BCUT2D eigenvalue weighted by atomic mass is 35.5. The monoisotopic (exact) mass is 494 g/mol. The Bertz CT molecular complexity index is 1560. The van der Waals surface area contributed by atoms with Crippen LogP contribution in [0.1, 0.15) is 31.9 Å². The predicted octanol–water partition coefficient (Wildman–Crippen LogP) is 6.39. The maximum Gasteiger partial charge on any atom is 0.152 e. The average molecular weight is 495 g/mol. The van der Waals surface area contributed by atoms with E-state index in [1.54, 1.807) is 10.7 Å². The highest BCUT2D eigenvalue weighted by Gasteiger charge is 2.22. The Labute approximate surface area is 215 Å². The number of pyridine rings is 1. The van der Waals surface area contributed by atoms with Gasteiger partial charge in [0.15, 0.2) is 5.82 Å². The Morgan fingerprint density at radius 1 is 1.08 bits per heavy atom. The fourth-order valence-electron chi connectivity index (χ4n) is 4.57. The number of halogens is 1. The molecule has 180 valence electrons. The second kappa shape index (κ2) is 9.55. The van der Waals surface area contributed by atoms with Crippen molar-refractivity contribution in [1.29, 1.82) is 0 Å². The number of nitrogens with two attached hydrogens (primary N) is 1. The lowest BCUT2D eigenvalue weighted by molar-refractivity contribution is 0.521. The van der Waals surface area contributed by atoms with Crippen LogP contribution in [-0.2, 0) is 6.42 Å². The minimum Gasteiger partial charge on any atom is -0.382 e. The first-order valence-electron chi connectivity index (χ1n) is 11.8. The van der Waals surface area contributed by atoms with E-state index in [1.165, 1.54) is 11.9 Å². The zero-order valence-electron chi connectivity index (χ0n) is 20.5. The maximum atomic E-state index is 6.36. The summed E-state index contributed by atoms with van der Waals surface area (Å²) < 4.78 is 1.80. The second-order valence-corrected chi connectivity index (χ2v) is 9.75. The smallest absolute Gasteiger partial charge is 0.152 e. The molecule has 3 aromatic heterocycles. The number of fused-ring (bicyclic) bond motifs is 1. The lowest BCUT2D eigenvalue weighted by atomic mass is 9.92. The number of aromatic nitrogens is 4. The van der Waals surface area contributed by atoms with Crippen LogP contribution in [-0.4, -0.2) is 30.8 Å². The average Bonchev–Trinajstić information content (AvgIpc) is 3.25. The summed E-state index contributed by atoms with van der Waals surface area (Å²) in [5, 5.41) is 4.90. The number of allylic oxidation sites excluding steroid dienone is 6. The van der Waals surface area contributed by atoms with Crippen molar-refractivity contribution in [3.05, 3.63) is 107 Å². The van der Waals surface area contributed by atoms with Gasteiger partial charge in [0.2, 0.25) is 0 Å². The number of rotatable bonds is 5. The van der Waals surface area contributed by atoms with Gasteiger partial charge in [0, 0.05) is 17.3 Å². The third-order valence-corrected chi connectivity index (χ3v) is 6.37. The van der Waals surface area contributed by atoms with Crippen molar-refractivity contribution in [2.24, 2.45) is 4.99 Å². The Kier molecular flexibility index (Phi) is 6.29. The predicted molar refractivity (Wildman–Crippen MR) is 148 cm³/mol. The quantitative estimate of drug-likeness (QED) is 0.326. The van der Waals surface area contributed by atoms with Crippen LogP contribution in [0.4, 0.5) is 5.82 Å². The van der Waals surface area contributed by atoms with Crippen LogP contribution in [0, 0.1) is 0 Å². The van der Waals surface area contributed by atoms with Crippen molar-refractivity contribution in [2.75, 3.05) is 5.73 Å². The number of nitrogen functional groups attached to an aromatic ring is 1. The molecule has 0 bridgehead atoms. The van der Waals surface area contributed by atoms with E-state index in [1.807, 2.05) is 25.1 Å². The molecule has 5 rings (SSSR count). The number of anilines is 1. The van der Waals surface area contributed by atoms with E-state index in [-0.39, 0.29) is 5.54 Å². The molecule has 36 heavy (non-hydrogen) atoms. The molecule has 0 atom stereocenters. The molecule has 0 amide bonds. The van der Waals surface area contributed by atoms with Crippen molar-refractivity contribution in [3.8, 4) is 11.3 Å². The van der Waals surface area contributed by atoms with Gasteiger partial charge in [-0.15, -0.1) is 0 Å². The van der Waals surface area contributed by atoms with Crippen molar-refractivity contribution in [2.45, 2.75) is 32.7 Å². The van der Waals surface area contributed by atoms with Crippen LogP contribution in [0.5, 0.6) is 0 Å². The van der Waals surface area contributed by atoms with E-state index >= 15 is 0 Å². The molecule has 2 N–H and O–H groups in total. The van der Waals surface area contributed by atoms with Gasteiger partial charge in [-0.05, 0) is 68.2 Å². The Hall–Kier alpha value is -4.03. The van der Waals surface area contributed by atoms with Crippen molar-refractivity contribution >= 4 is 34.2 Å². The summed E-state index contributed by atoms with van der Waals surface area (Å²) in [6.07, 6.45) is 12.4. The summed E-state index contributed by atoms with van der Waals surface area (Å²) in [5.74, 6) is 0.403. The molecule has 6 nitrogen and oxygen atoms in total. The molecule has 0 fully saturated rings. The fraction of sp³-hybridized carbons (Fsp3) is 0.172. The molecule has 0 aliphatic heterocycles. The molecule has 7 heteroatoms. The highest BCUT2D eigenvalue weighted by Crippen LogP contribution is 2.35. The maximum absolute atomic E-state index is 6.36. The Balaban J connectivity index is 1.62. The molecule has 0 unspecified atom stereocenters. The normalized spacial score (nSPS) is 16.2. The van der Waals surface area contributed by atoms with Gasteiger partial charge in [-0.25, -0.2) is 14.5 Å². The summed E-state index contributed by atoms with van der Waals surface area (Å²) in [7, 11) is 0. The molecular formula is C29H27ClN6. The number of benzene rings is 1. The van der Waals surface area contributed by atoms with Crippen molar-refractivity contribution in [3.63, 3.8) is 0 Å². The summed E-state index contributed by atoms with van der Waals surface area (Å²) >= 11 is 6.18. The number of hydrogen-bond donors (Lipinski definition) is 1. The van der Waals surface area contributed by atoms with Gasteiger partial charge in [-0.1, -0.05) is 60.2 Å². The zero-order chi connectivity index (χ0) is 25.3. The van der Waals surface area contributed by atoms with E-state index in [0.29, 0.717) is 11.0 Å². The molecule has 0 spiro atoms. The lowest BCUT2D eigenvalue weighted by Gasteiger charge is -2.23. The minimum atomic E-state index is -0.290. The van der Waals surface area contributed by atoms with E-state index < -0.39 is 0 Å². The SMILES string of the molecule is C/C=C1/C=CC(c2cc(-c3ccnc(Cl)c3)n3ncnc(N)c23)=CC1=NC(C)(C)Cc1ccccc1. The molecule has 4 aromatic rings. The Morgan fingerprint density at radius 2 is 1.89 bits per heavy atom. The summed E-state index contributed by atoms with van der Waals surface area (Å²) in [4.78, 5) is 13.6. The molecule has 1 aromatic carbocycles. The van der Waals surface area contributed by atoms with Crippen LogP contribution < -0.4 is 5.73 Å². The topological polar surface area (TPSA) is 81.5 Å². The van der Waals surface area contributed by atoms with Gasteiger partial charge in [0.25, 0.3) is 0 Å². The summed E-state index contributed by atoms with van der Waals surface area (Å²) in [6, 6.07) is 16.2. The molecule has 1 aliphatic carbocycles. The van der Waals surface area contributed by atoms with Crippen molar-refractivity contribution in [1.82, 2.24) is 19.6 Å². The largest absolute Gasteiger partial charge is 0.382 e. The van der Waals surface area contributed by atoms with E-state index in [2.05, 4.69) is 83.6 Å². The van der Waals surface area contributed by atoms with Gasteiger partial charge < -0.3 is 5.73 Å². The van der Waals surface area contributed by atoms with Gasteiger partial charge in [-0.2, -0.15) is 5.10 Å². The highest BCUT2D eigenvalue weighted by molar-refractivity contribution is 6.29. The first-order chi connectivity index (χ1) is 17.3. The summed E-state index contributed by atoms with van der Waals surface area (Å²) in [5.41, 5.74) is 13.7. The minimum absolute atomic E-state index is 0.290. The molecule has 0 saturated heterocycles. The zero-order valence-corrected chi connectivity index (χ0v) is 21.2. The third-order valence-electron chi connectivity index (χ3n) is 6.16. The van der Waals surface area contributed by atoms with Crippen molar-refractivity contribution < 1.29 is 0 Å². The molecule has 3 heterocycles. The number of aliphatic imine (C=N–C) groups is 1. The van der Waals surface area contributed by atoms with Gasteiger partial charge in [0.05, 0.1) is 16.9 Å². The lowest BCUT2D eigenvalue weighted by Crippen LogP contribution is -2.23. The number of nitrogens with zero attached hydrogens (tertiary/aromatic N) is 5. The van der Waals surface area contributed by atoms with Gasteiger partial charge >= 0.3 is 0 Å². The van der Waals surface area contributed by atoms with Crippen LogP contribution in [0.2, 0.25) is 5.15 Å². The van der Waals surface area contributed by atoms with E-state index in [0.717, 1.165) is 45.6 Å². The molecule has 0 radical (unpaired) electrons. The van der Waals surface area contributed by atoms with E-state index in [9.17, 15) is 0 Å². The number of hydrogen-bond acceptors (Lipinski definition) is 5. The van der Waals surface area contributed by atoms with Gasteiger partial charge in [0.1, 0.15) is 17.0 Å². The summed E-state index contributed by atoms with van der Waals surface area (Å²) in [6.45, 7) is 6.36. The van der Waals surface area contributed by atoms with Crippen LogP contribution in [0.25, 0.3) is 22.3 Å². The standard InChI is InChI=1S/C29H27ClN6/c1-4-20-10-11-21(14-24(20)35-29(2,3)17-19-8-6-5-7-9-19)23-16-25(22-12-13-32-26(30)15-22)36-27(23)28(31)33-18-34-36/h4-16,18H,17H2,1-3H3,(H2,31,33,34)/b20-4-,35-24?. The molecule has 0 saturated carbocycles. The van der Waals surface area contributed by atoms with Gasteiger partial charge in [-0.3, -0.25) is 4.99 Å². The first kappa shape index (κ1) is 23.7. The second-order valence-electron chi connectivity index (χ2n) is 9.37. The third kappa shape index (κ3) is 4.72. The van der Waals surface area contributed by atoms with E-state index in [4.69, 9.17) is 22.3 Å².